The topological polar surface area (TPSA) is 74.5 Å². The van der Waals surface area contributed by atoms with Crippen LogP contribution in [-0.4, -0.2) is 43.8 Å². The van der Waals surface area contributed by atoms with E-state index in [2.05, 4.69) is 17.4 Å². The summed E-state index contributed by atoms with van der Waals surface area (Å²) in [7, 11) is 5.04. The van der Waals surface area contributed by atoms with Crippen LogP contribution in [0.2, 0.25) is 0 Å². The number of rotatable bonds is 7. The average Bonchev–Trinajstić information content (AvgIpc) is 2.72. The minimum atomic E-state index is 0. The van der Waals surface area contributed by atoms with E-state index in [4.69, 9.17) is 26.0 Å². The highest BCUT2D eigenvalue weighted by atomic mass is 35.5. The summed E-state index contributed by atoms with van der Waals surface area (Å²) in [6.07, 6.45) is 2.11. The first-order chi connectivity index (χ1) is 13.2. The Morgan fingerprint density at radius 2 is 1.79 bits per heavy atom. The Hall–Kier alpha value is -1.99. The Balaban J connectivity index is 0.00000280. The van der Waals surface area contributed by atoms with Gasteiger partial charge < -0.3 is 25.0 Å². The van der Waals surface area contributed by atoms with Crippen molar-refractivity contribution >= 4 is 11.8 Å². The van der Waals surface area contributed by atoms with E-state index in [1.807, 2.05) is 34.8 Å². The maximum absolute atomic E-state index is 6.60. The van der Waals surface area contributed by atoms with Crippen LogP contribution in [0.1, 0.15) is 30.0 Å². The van der Waals surface area contributed by atoms with Gasteiger partial charge in [-0.05, 0) is 60.5 Å². The lowest BCUT2D eigenvalue weighted by Gasteiger charge is -2.38. The number of hydrogen-bond acceptors (Lipinski definition) is 5. The molecule has 0 saturated carbocycles. The van der Waals surface area contributed by atoms with Crippen molar-refractivity contribution in [3.8, 4) is 17.2 Å². The first kappa shape index (κ1) is 22.3. The Labute approximate surface area is 171 Å². The fourth-order valence-corrected chi connectivity index (χ4v) is 4.02. The first-order valence-corrected chi connectivity index (χ1v) is 9.50. The monoisotopic (exact) mass is 408 g/mol. The van der Waals surface area contributed by atoms with Crippen LogP contribution in [-0.2, 0) is 6.54 Å². The van der Waals surface area contributed by atoms with Gasteiger partial charge in [0.05, 0.1) is 27.4 Å². The van der Waals surface area contributed by atoms with Gasteiger partial charge in [-0.3, -0.25) is 0 Å². The average molecular weight is 409 g/mol. The normalized spacial score (nSPS) is 19.6. The van der Waals surface area contributed by atoms with Crippen molar-refractivity contribution in [2.45, 2.75) is 31.5 Å². The number of halogens is 1. The summed E-state index contributed by atoms with van der Waals surface area (Å²) in [5.74, 6) is 2.51. The lowest BCUT2D eigenvalue weighted by molar-refractivity contribution is 0.202. The number of benzene rings is 2. The molecule has 0 spiro atoms. The Morgan fingerprint density at radius 1 is 1.04 bits per heavy atom. The number of ether oxygens (including phenoxy) is 3. The van der Waals surface area contributed by atoms with E-state index in [0.717, 1.165) is 47.8 Å². The van der Waals surface area contributed by atoms with Gasteiger partial charge in [-0.1, -0.05) is 12.1 Å². The van der Waals surface area contributed by atoms with Gasteiger partial charge in [0.1, 0.15) is 17.2 Å². The molecular weight excluding hydrogens is 380 g/mol. The molecule has 154 valence electrons. The van der Waals surface area contributed by atoms with Crippen LogP contribution in [0.25, 0.3) is 0 Å². The lowest BCUT2D eigenvalue weighted by Crippen LogP contribution is -2.44. The molecule has 6 nitrogen and oxygen atoms in total. The zero-order chi connectivity index (χ0) is 19.2. The summed E-state index contributed by atoms with van der Waals surface area (Å²) in [4.78, 5) is 0. The molecule has 2 aromatic rings. The zero-order valence-corrected chi connectivity index (χ0v) is 17.3. The maximum atomic E-state index is 6.60. The summed E-state index contributed by atoms with van der Waals surface area (Å²) in [6, 6.07) is 14.3. The Morgan fingerprint density at radius 3 is 2.50 bits per heavy atom. The fourth-order valence-electron chi connectivity index (χ4n) is 3.65. The molecule has 1 heterocycles. The molecule has 2 unspecified atom stereocenters. The van der Waals surface area contributed by atoms with Gasteiger partial charge in [0.25, 0.3) is 0 Å². The second kappa shape index (κ2) is 10.5. The molecule has 1 saturated heterocycles. The largest absolute Gasteiger partial charge is 0.497 e. The van der Waals surface area contributed by atoms with Crippen LogP contribution in [0, 0.1) is 0 Å². The molecule has 0 bridgehead atoms. The van der Waals surface area contributed by atoms with Crippen molar-refractivity contribution in [2.24, 2.45) is 0 Å². The van der Waals surface area contributed by atoms with Crippen molar-refractivity contribution in [2.75, 3.05) is 27.9 Å². The molecule has 1 aliphatic heterocycles. The van der Waals surface area contributed by atoms with Gasteiger partial charge in [0.2, 0.25) is 0 Å². The molecule has 1 aliphatic rings. The number of methoxy groups -OCH3 is 3. The van der Waals surface area contributed by atoms with Crippen LogP contribution < -0.4 is 19.5 Å². The fraction of sp³-hybridized carbons (Fsp3) is 0.429. The molecule has 0 aliphatic carbocycles. The third-order valence-electron chi connectivity index (χ3n) is 5.05. The van der Waals surface area contributed by atoms with Gasteiger partial charge in [-0.25, -0.2) is 4.42 Å². The third kappa shape index (κ3) is 5.08. The highest BCUT2D eigenvalue weighted by Gasteiger charge is 2.32. The number of nitrogens with one attached hydrogen (secondary N) is 1. The lowest BCUT2D eigenvalue weighted by atomic mass is 9.92. The van der Waals surface area contributed by atoms with Crippen molar-refractivity contribution in [3.63, 3.8) is 0 Å². The van der Waals surface area contributed by atoms with Gasteiger partial charge >= 0.3 is 0 Å². The standard InChI is InChI=1S/C21H27ClN2O3.H2O/c1-25-17-7-4-6-15(12-17)21-19(8-5-11-24(21)22)23-14-16-13-18(26-2)9-10-20(16)27-3;/h4,6-7,9-10,12-13,19,21,23H,5,8,11,14H2,1-3H3;1H2. The van der Waals surface area contributed by atoms with E-state index in [-0.39, 0.29) is 17.6 Å². The summed E-state index contributed by atoms with van der Waals surface area (Å²) in [6.45, 7) is 1.54. The van der Waals surface area contributed by atoms with Crippen molar-refractivity contribution in [1.82, 2.24) is 9.74 Å². The molecule has 7 heteroatoms. The SMILES string of the molecule is COc1cccc(C2C(NCc3cc(OC)ccc3OC)CCCN2Cl)c1.O. The highest BCUT2D eigenvalue weighted by molar-refractivity contribution is 6.13. The molecule has 0 aromatic heterocycles. The van der Waals surface area contributed by atoms with Gasteiger partial charge in [-0.15, -0.1) is 0 Å². The Kier molecular flexibility index (Phi) is 8.38. The molecule has 2 atom stereocenters. The molecule has 0 radical (unpaired) electrons. The van der Waals surface area contributed by atoms with E-state index in [9.17, 15) is 0 Å². The summed E-state index contributed by atoms with van der Waals surface area (Å²) < 4.78 is 18.1. The van der Waals surface area contributed by atoms with Crippen LogP contribution in [0.3, 0.4) is 0 Å². The van der Waals surface area contributed by atoms with Crippen LogP contribution in [0.4, 0.5) is 0 Å². The minimum absolute atomic E-state index is 0. The second-order valence-electron chi connectivity index (χ2n) is 6.65. The van der Waals surface area contributed by atoms with Crippen LogP contribution >= 0.6 is 11.8 Å². The Bertz CT molecular complexity index is 759. The van der Waals surface area contributed by atoms with E-state index in [0.29, 0.717) is 6.54 Å². The summed E-state index contributed by atoms with van der Waals surface area (Å²) in [5, 5.41) is 3.68. The van der Waals surface area contributed by atoms with Gasteiger partial charge in [0.15, 0.2) is 0 Å². The summed E-state index contributed by atoms with van der Waals surface area (Å²) in [5.41, 5.74) is 2.21. The van der Waals surface area contributed by atoms with Crippen LogP contribution in [0.15, 0.2) is 42.5 Å². The van der Waals surface area contributed by atoms with Crippen LogP contribution in [0.5, 0.6) is 17.2 Å². The molecule has 1 fully saturated rings. The van der Waals surface area contributed by atoms with Gasteiger partial charge in [-0.2, -0.15) is 0 Å². The molecule has 3 rings (SSSR count). The predicted molar refractivity (Wildman–Crippen MR) is 111 cm³/mol. The molecule has 2 aromatic carbocycles. The minimum Gasteiger partial charge on any atom is -0.497 e. The van der Waals surface area contributed by atoms with E-state index < -0.39 is 0 Å². The zero-order valence-electron chi connectivity index (χ0n) is 16.6. The summed E-state index contributed by atoms with van der Waals surface area (Å²) >= 11 is 6.60. The smallest absolute Gasteiger partial charge is 0.123 e. The van der Waals surface area contributed by atoms with E-state index in [1.54, 1.807) is 21.3 Å². The molecule has 28 heavy (non-hydrogen) atoms. The highest BCUT2D eigenvalue weighted by Crippen LogP contribution is 2.35. The first-order valence-electron chi connectivity index (χ1n) is 9.17. The third-order valence-corrected chi connectivity index (χ3v) is 5.43. The molecule has 3 N–H and O–H groups in total. The molecular formula is C21H29ClN2O4. The van der Waals surface area contributed by atoms with Gasteiger partial charge in [0, 0.05) is 24.7 Å². The predicted octanol–water partition coefficient (Wildman–Crippen LogP) is 3.34. The number of piperidine rings is 1. The van der Waals surface area contributed by atoms with Crippen molar-refractivity contribution in [3.05, 3.63) is 53.6 Å². The number of nitrogens with zero attached hydrogens (tertiary/aromatic N) is 1. The van der Waals surface area contributed by atoms with Crippen molar-refractivity contribution in [1.29, 1.82) is 0 Å². The number of hydrogen-bond donors (Lipinski definition) is 1. The maximum Gasteiger partial charge on any atom is 0.123 e. The second-order valence-corrected chi connectivity index (χ2v) is 7.09. The van der Waals surface area contributed by atoms with Crippen molar-refractivity contribution < 1.29 is 19.7 Å². The van der Waals surface area contributed by atoms with E-state index in [1.165, 1.54) is 0 Å². The van der Waals surface area contributed by atoms with E-state index >= 15 is 0 Å². The quantitative estimate of drug-likeness (QED) is 0.711. The molecule has 0 amide bonds.